The predicted octanol–water partition coefficient (Wildman–Crippen LogP) is 4.23. The zero-order valence-electron chi connectivity index (χ0n) is 17.8. The minimum Gasteiger partial charge on any atom is -0.291 e. The lowest BCUT2D eigenvalue weighted by Crippen LogP contribution is -2.43. The first kappa shape index (κ1) is 22.7. The standard InChI is InChI=1S/C22H18F3N5O2S/c1-12-7-17-18(9-26)20(30(15-5-4-6-15)21(17)28-10-12)19-13(2)8-16(11-27-19)33(31,32)29-14(3)22(23,24)25/h4-8,10-11,14,29H,1-3H3. The van der Waals surface area contributed by atoms with Crippen LogP contribution in [0, 0.1) is 25.2 Å². The Bertz CT molecular complexity index is 1490. The largest absolute Gasteiger partial charge is 0.404 e. The summed E-state index contributed by atoms with van der Waals surface area (Å²) < 4.78 is 66.9. The fourth-order valence-electron chi connectivity index (χ4n) is 3.50. The molecule has 1 atom stereocenters. The molecule has 0 saturated carbocycles. The van der Waals surface area contributed by atoms with E-state index in [0.717, 1.165) is 24.4 Å². The highest BCUT2D eigenvalue weighted by molar-refractivity contribution is 7.89. The van der Waals surface area contributed by atoms with Crippen molar-refractivity contribution in [3.05, 3.63) is 59.4 Å². The van der Waals surface area contributed by atoms with E-state index in [4.69, 9.17) is 0 Å². The number of sulfonamides is 1. The van der Waals surface area contributed by atoms with Gasteiger partial charge in [-0.1, -0.05) is 6.08 Å². The normalized spacial score (nSPS) is 14.6. The molecule has 1 unspecified atom stereocenters. The van der Waals surface area contributed by atoms with Crippen molar-refractivity contribution in [3.63, 3.8) is 0 Å². The molecular formula is C22H18F3N5O2S. The number of rotatable bonds is 5. The van der Waals surface area contributed by atoms with Crippen molar-refractivity contribution in [2.45, 2.75) is 37.9 Å². The quantitative estimate of drug-likeness (QED) is 0.598. The lowest BCUT2D eigenvalue weighted by atomic mass is 10.1. The number of fused-ring (bicyclic) bond motifs is 1. The van der Waals surface area contributed by atoms with E-state index in [9.17, 15) is 26.9 Å². The maximum atomic E-state index is 12.8. The van der Waals surface area contributed by atoms with Crippen molar-refractivity contribution in [3.8, 4) is 17.5 Å². The minimum absolute atomic E-state index is 0.317. The van der Waals surface area contributed by atoms with Gasteiger partial charge in [0.1, 0.15) is 22.7 Å². The number of hydrogen-bond acceptors (Lipinski definition) is 5. The SMILES string of the molecule is Cc1cnc2c(c1)c(C#N)c(-c1ncc(S(=O)(=O)NC(C)C(F)(F)F)cc1C)n2C1=CC=C1. The van der Waals surface area contributed by atoms with Crippen LogP contribution in [0.4, 0.5) is 13.2 Å². The first-order valence-electron chi connectivity index (χ1n) is 9.80. The summed E-state index contributed by atoms with van der Waals surface area (Å²) in [4.78, 5) is 8.33. The summed E-state index contributed by atoms with van der Waals surface area (Å²) in [6.07, 6.45) is 3.43. The summed E-state index contributed by atoms with van der Waals surface area (Å²) in [5.74, 6) is 0. The fraction of sp³-hybridized carbons (Fsp3) is 0.227. The molecule has 0 fully saturated rings. The van der Waals surface area contributed by atoms with Crippen LogP contribution in [0.5, 0.6) is 0 Å². The monoisotopic (exact) mass is 473 g/mol. The molecule has 170 valence electrons. The van der Waals surface area contributed by atoms with Crippen molar-refractivity contribution in [2.75, 3.05) is 0 Å². The van der Waals surface area contributed by atoms with Crippen molar-refractivity contribution in [2.24, 2.45) is 0 Å². The highest BCUT2D eigenvalue weighted by Crippen LogP contribution is 2.37. The number of alkyl halides is 3. The molecule has 3 heterocycles. The summed E-state index contributed by atoms with van der Waals surface area (Å²) in [7, 11) is -4.47. The van der Waals surface area contributed by atoms with Gasteiger partial charge in [-0.25, -0.2) is 13.4 Å². The second-order valence-electron chi connectivity index (χ2n) is 7.73. The van der Waals surface area contributed by atoms with Crippen LogP contribution in [0.25, 0.3) is 28.1 Å². The van der Waals surface area contributed by atoms with E-state index in [-0.39, 0.29) is 0 Å². The van der Waals surface area contributed by atoms with Crippen molar-refractivity contribution in [1.82, 2.24) is 19.3 Å². The number of aromatic nitrogens is 3. The Morgan fingerprint density at radius 3 is 2.42 bits per heavy atom. The van der Waals surface area contributed by atoms with Gasteiger partial charge in [0.15, 0.2) is 0 Å². The molecule has 1 N–H and O–H groups in total. The minimum atomic E-state index is -4.73. The van der Waals surface area contributed by atoms with Gasteiger partial charge in [-0.3, -0.25) is 9.55 Å². The smallest absolute Gasteiger partial charge is 0.291 e. The second-order valence-corrected chi connectivity index (χ2v) is 9.44. The molecule has 0 spiro atoms. The second kappa shape index (κ2) is 7.83. The predicted molar refractivity (Wildman–Crippen MR) is 116 cm³/mol. The van der Waals surface area contributed by atoms with Gasteiger partial charge >= 0.3 is 6.18 Å². The zero-order chi connectivity index (χ0) is 24.1. The van der Waals surface area contributed by atoms with Crippen molar-refractivity contribution < 1.29 is 21.6 Å². The molecule has 3 aromatic rings. The molecule has 0 amide bonds. The third-order valence-corrected chi connectivity index (χ3v) is 6.77. The van der Waals surface area contributed by atoms with Gasteiger partial charge in [-0.15, -0.1) is 0 Å². The number of nitrogens with one attached hydrogen (secondary N) is 1. The molecule has 3 aromatic heterocycles. The first-order chi connectivity index (χ1) is 15.4. The van der Waals surface area contributed by atoms with Crippen LogP contribution in [0.2, 0.25) is 0 Å². The fourth-order valence-corrected chi connectivity index (χ4v) is 4.76. The molecule has 0 radical (unpaired) electrons. The van der Waals surface area contributed by atoms with Crippen molar-refractivity contribution in [1.29, 1.82) is 5.26 Å². The Kier molecular flexibility index (Phi) is 5.38. The molecule has 1 aliphatic rings. The molecule has 11 heteroatoms. The Labute approximate surface area is 187 Å². The summed E-state index contributed by atoms with van der Waals surface area (Å²) >= 11 is 0. The van der Waals surface area contributed by atoms with Crippen LogP contribution < -0.4 is 4.72 Å². The van der Waals surface area contributed by atoms with Crippen LogP contribution in [0.1, 0.15) is 23.6 Å². The van der Waals surface area contributed by atoms with Gasteiger partial charge in [-0.05, 0) is 56.2 Å². The Balaban J connectivity index is 1.88. The van der Waals surface area contributed by atoms with Gasteiger partial charge in [0, 0.05) is 23.5 Å². The lowest BCUT2D eigenvalue weighted by Gasteiger charge is -2.18. The molecule has 7 nitrogen and oxygen atoms in total. The van der Waals surface area contributed by atoms with Crippen LogP contribution in [-0.2, 0) is 10.0 Å². The third-order valence-electron chi connectivity index (χ3n) is 5.26. The molecule has 1 aliphatic carbocycles. The number of nitrogens with zero attached hydrogens (tertiary/aromatic N) is 4. The van der Waals surface area contributed by atoms with Crippen molar-refractivity contribution >= 4 is 26.8 Å². The third kappa shape index (κ3) is 3.92. The van der Waals surface area contributed by atoms with E-state index in [2.05, 4.69) is 16.0 Å². The van der Waals surface area contributed by atoms with Gasteiger partial charge in [-0.2, -0.15) is 23.2 Å². The molecule has 0 aromatic carbocycles. The van der Waals surface area contributed by atoms with E-state index >= 15 is 0 Å². The summed E-state index contributed by atoms with van der Waals surface area (Å²) in [6.45, 7) is 4.16. The van der Waals surface area contributed by atoms with E-state index in [1.807, 2.05) is 31.2 Å². The molecular weight excluding hydrogens is 455 g/mol. The number of halogens is 3. The topological polar surface area (TPSA) is 101 Å². The van der Waals surface area contributed by atoms with Crippen LogP contribution >= 0.6 is 0 Å². The summed E-state index contributed by atoms with van der Waals surface area (Å²) in [6, 6.07) is 3.00. The average Bonchev–Trinajstić information content (AvgIpc) is 2.98. The highest BCUT2D eigenvalue weighted by atomic mass is 32.2. The Hall–Kier alpha value is -3.49. The highest BCUT2D eigenvalue weighted by Gasteiger charge is 2.39. The molecule has 0 bridgehead atoms. The van der Waals surface area contributed by atoms with Crippen LogP contribution in [-0.4, -0.2) is 35.2 Å². The number of hydrogen-bond donors (Lipinski definition) is 1. The number of aryl methyl sites for hydroxylation is 2. The molecule has 0 saturated heterocycles. The summed E-state index contributed by atoms with van der Waals surface area (Å²) in [5, 5.41) is 10.6. The lowest BCUT2D eigenvalue weighted by molar-refractivity contribution is -0.147. The van der Waals surface area contributed by atoms with E-state index in [0.29, 0.717) is 33.5 Å². The number of nitriles is 1. The number of allylic oxidation sites excluding steroid dienone is 4. The average molecular weight is 473 g/mol. The van der Waals surface area contributed by atoms with Gasteiger partial charge in [0.05, 0.1) is 17.0 Å². The van der Waals surface area contributed by atoms with E-state index in [1.54, 1.807) is 22.4 Å². The maximum absolute atomic E-state index is 12.8. The molecule has 33 heavy (non-hydrogen) atoms. The van der Waals surface area contributed by atoms with E-state index in [1.165, 1.54) is 6.07 Å². The number of pyridine rings is 2. The van der Waals surface area contributed by atoms with Gasteiger partial charge in [0.25, 0.3) is 0 Å². The Morgan fingerprint density at radius 1 is 1.18 bits per heavy atom. The van der Waals surface area contributed by atoms with E-state index < -0.39 is 27.1 Å². The first-order valence-corrected chi connectivity index (χ1v) is 11.3. The summed E-state index contributed by atoms with van der Waals surface area (Å²) in [5.41, 5.74) is 3.62. The maximum Gasteiger partial charge on any atom is 0.404 e. The Morgan fingerprint density at radius 2 is 1.88 bits per heavy atom. The molecule has 0 aliphatic heterocycles. The van der Waals surface area contributed by atoms with Gasteiger partial charge < -0.3 is 0 Å². The molecule has 4 rings (SSSR count). The zero-order valence-corrected chi connectivity index (χ0v) is 18.6. The van der Waals surface area contributed by atoms with Crippen LogP contribution in [0.3, 0.4) is 0 Å². The van der Waals surface area contributed by atoms with Gasteiger partial charge in [0.2, 0.25) is 10.0 Å². The van der Waals surface area contributed by atoms with Crippen LogP contribution in [0.15, 0.2) is 47.6 Å².